The molecule has 0 aliphatic carbocycles. The molecule has 1 aliphatic heterocycles. The number of carbonyl (C=O) groups is 1. The second-order valence-electron chi connectivity index (χ2n) is 5.88. The number of carbonyl (C=O) groups excluding carboxylic acids is 1. The first-order chi connectivity index (χ1) is 12.1. The van der Waals surface area contributed by atoms with E-state index in [1.165, 1.54) is 12.1 Å². The van der Waals surface area contributed by atoms with Crippen molar-refractivity contribution >= 4 is 23.3 Å². The van der Waals surface area contributed by atoms with Crippen molar-refractivity contribution in [2.24, 2.45) is 0 Å². The Labute approximate surface area is 150 Å². The minimum Gasteiger partial charge on any atom is -0.432 e. The smallest absolute Gasteiger partial charge is 0.343 e. The third-order valence-electron chi connectivity index (χ3n) is 3.98. The maximum absolute atomic E-state index is 14.2. The van der Waals surface area contributed by atoms with E-state index in [4.69, 9.17) is 21.1 Å². The van der Waals surface area contributed by atoms with Crippen LogP contribution in [0.25, 0.3) is 0 Å². The maximum Gasteiger partial charge on any atom is 0.343 e. The summed E-state index contributed by atoms with van der Waals surface area (Å²) < 4.78 is 24.8. The van der Waals surface area contributed by atoms with Gasteiger partial charge in [0.15, 0.2) is 0 Å². The summed E-state index contributed by atoms with van der Waals surface area (Å²) in [5.41, 5.74) is 1.51. The average Bonchev–Trinajstić information content (AvgIpc) is 2.62. The van der Waals surface area contributed by atoms with E-state index in [-0.39, 0.29) is 5.56 Å². The number of rotatable bonds is 5. The standard InChI is InChI=1S/C19H19ClFNO3/c20-14-6-4-13(5-7-14)12-22-15-8-9-16(17(21)11-15)19(23)25-18-3-1-2-10-24-18/h4-9,11,18,22H,1-3,10,12H2. The number of ether oxygens (including phenoxy) is 2. The first-order valence-electron chi connectivity index (χ1n) is 8.22. The second kappa shape index (κ2) is 8.32. The summed E-state index contributed by atoms with van der Waals surface area (Å²) in [5, 5.41) is 3.78. The fourth-order valence-corrected chi connectivity index (χ4v) is 2.71. The molecule has 1 fully saturated rings. The van der Waals surface area contributed by atoms with Gasteiger partial charge in [-0.2, -0.15) is 0 Å². The van der Waals surface area contributed by atoms with E-state index >= 15 is 0 Å². The molecule has 6 heteroatoms. The first-order valence-corrected chi connectivity index (χ1v) is 8.60. The molecule has 132 valence electrons. The van der Waals surface area contributed by atoms with Crippen LogP contribution < -0.4 is 5.32 Å². The van der Waals surface area contributed by atoms with Crippen molar-refractivity contribution in [2.75, 3.05) is 11.9 Å². The van der Waals surface area contributed by atoms with Crippen LogP contribution in [0.1, 0.15) is 35.2 Å². The summed E-state index contributed by atoms with van der Waals surface area (Å²) in [6.45, 7) is 1.09. The van der Waals surface area contributed by atoms with E-state index in [0.717, 1.165) is 18.4 Å². The van der Waals surface area contributed by atoms with Gasteiger partial charge >= 0.3 is 5.97 Å². The van der Waals surface area contributed by atoms with Gasteiger partial charge in [0.1, 0.15) is 5.82 Å². The van der Waals surface area contributed by atoms with E-state index in [1.807, 2.05) is 12.1 Å². The highest BCUT2D eigenvalue weighted by Gasteiger charge is 2.21. The maximum atomic E-state index is 14.2. The molecule has 1 N–H and O–H groups in total. The monoisotopic (exact) mass is 363 g/mol. The zero-order valence-electron chi connectivity index (χ0n) is 13.6. The van der Waals surface area contributed by atoms with Crippen LogP contribution in [0, 0.1) is 5.82 Å². The van der Waals surface area contributed by atoms with E-state index in [1.54, 1.807) is 18.2 Å². The minimum absolute atomic E-state index is 0.0915. The van der Waals surface area contributed by atoms with Crippen molar-refractivity contribution in [3.8, 4) is 0 Å². The van der Waals surface area contributed by atoms with Gasteiger partial charge in [-0.05, 0) is 48.7 Å². The van der Waals surface area contributed by atoms with E-state index in [9.17, 15) is 9.18 Å². The molecule has 25 heavy (non-hydrogen) atoms. The summed E-state index contributed by atoms with van der Waals surface area (Å²) in [7, 11) is 0. The van der Waals surface area contributed by atoms with Crippen LogP contribution in [0.2, 0.25) is 5.02 Å². The van der Waals surface area contributed by atoms with Gasteiger partial charge in [0, 0.05) is 23.7 Å². The molecule has 1 heterocycles. The number of nitrogens with one attached hydrogen (secondary N) is 1. The molecular weight excluding hydrogens is 345 g/mol. The van der Waals surface area contributed by atoms with Crippen LogP contribution in [0.3, 0.4) is 0 Å². The SMILES string of the molecule is O=C(OC1CCCCO1)c1ccc(NCc2ccc(Cl)cc2)cc1F. The number of anilines is 1. The molecule has 0 bridgehead atoms. The Morgan fingerprint density at radius 2 is 2.04 bits per heavy atom. The Balaban J connectivity index is 1.59. The molecule has 0 radical (unpaired) electrons. The van der Waals surface area contributed by atoms with Crippen LogP contribution >= 0.6 is 11.6 Å². The van der Waals surface area contributed by atoms with Gasteiger partial charge in [-0.15, -0.1) is 0 Å². The lowest BCUT2D eigenvalue weighted by atomic mass is 10.1. The molecule has 0 saturated carbocycles. The van der Waals surface area contributed by atoms with Gasteiger partial charge in [0.25, 0.3) is 0 Å². The largest absolute Gasteiger partial charge is 0.432 e. The number of hydrogen-bond donors (Lipinski definition) is 1. The zero-order valence-corrected chi connectivity index (χ0v) is 14.4. The normalized spacial score (nSPS) is 17.1. The zero-order chi connectivity index (χ0) is 17.6. The Bertz CT molecular complexity index is 730. The fraction of sp³-hybridized carbons (Fsp3) is 0.316. The number of halogens is 2. The van der Waals surface area contributed by atoms with Crippen LogP contribution in [-0.2, 0) is 16.0 Å². The summed E-state index contributed by atoms with van der Waals surface area (Å²) in [5.74, 6) is -1.32. The van der Waals surface area contributed by atoms with Gasteiger partial charge < -0.3 is 14.8 Å². The van der Waals surface area contributed by atoms with E-state index in [0.29, 0.717) is 30.3 Å². The van der Waals surface area contributed by atoms with Crippen molar-refractivity contribution in [2.45, 2.75) is 32.1 Å². The average molecular weight is 364 g/mol. The number of hydrogen-bond acceptors (Lipinski definition) is 4. The van der Waals surface area contributed by atoms with Crippen molar-refractivity contribution in [1.82, 2.24) is 0 Å². The molecule has 0 amide bonds. The summed E-state index contributed by atoms with van der Waals surface area (Å²) in [6.07, 6.45) is 1.96. The first kappa shape index (κ1) is 17.7. The summed E-state index contributed by atoms with van der Waals surface area (Å²) in [6, 6.07) is 11.7. The molecular formula is C19H19ClFNO3. The van der Waals surface area contributed by atoms with Crippen LogP contribution in [0.15, 0.2) is 42.5 Å². The molecule has 2 aromatic carbocycles. The van der Waals surface area contributed by atoms with Crippen molar-refractivity contribution in [3.05, 3.63) is 64.4 Å². The second-order valence-corrected chi connectivity index (χ2v) is 6.31. The fourth-order valence-electron chi connectivity index (χ4n) is 2.58. The van der Waals surface area contributed by atoms with Crippen molar-refractivity contribution in [3.63, 3.8) is 0 Å². The predicted octanol–water partition coefficient (Wildman–Crippen LogP) is 4.77. The summed E-state index contributed by atoms with van der Waals surface area (Å²) >= 11 is 5.84. The highest BCUT2D eigenvalue weighted by molar-refractivity contribution is 6.30. The van der Waals surface area contributed by atoms with Gasteiger partial charge in [0.05, 0.1) is 12.2 Å². The molecule has 1 saturated heterocycles. The quantitative estimate of drug-likeness (QED) is 0.777. The van der Waals surface area contributed by atoms with Gasteiger partial charge in [0.2, 0.25) is 6.29 Å². The predicted molar refractivity (Wildman–Crippen MR) is 94.2 cm³/mol. The molecule has 0 aromatic heterocycles. The Morgan fingerprint density at radius 3 is 2.72 bits per heavy atom. The Hall–Kier alpha value is -2.11. The lowest BCUT2D eigenvalue weighted by Crippen LogP contribution is -2.25. The Kier molecular flexibility index (Phi) is 5.89. The van der Waals surface area contributed by atoms with Crippen molar-refractivity contribution < 1.29 is 18.7 Å². The lowest BCUT2D eigenvalue weighted by molar-refractivity contribution is -0.131. The highest BCUT2D eigenvalue weighted by Crippen LogP contribution is 2.20. The van der Waals surface area contributed by atoms with Gasteiger partial charge in [-0.3, -0.25) is 0 Å². The molecule has 2 aromatic rings. The highest BCUT2D eigenvalue weighted by atomic mass is 35.5. The molecule has 3 rings (SSSR count). The summed E-state index contributed by atoms with van der Waals surface area (Å²) in [4.78, 5) is 12.1. The molecule has 4 nitrogen and oxygen atoms in total. The third-order valence-corrected chi connectivity index (χ3v) is 4.23. The molecule has 1 atom stereocenters. The van der Waals surface area contributed by atoms with Crippen LogP contribution in [-0.4, -0.2) is 18.9 Å². The van der Waals surface area contributed by atoms with Gasteiger partial charge in [-0.1, -0.05) is 23.7 Å². The third kappa shape index (κ3) is 4.94. The minimum atomic E-state index is -0.700. The number of esters is 1. The number of benzene rings is 2. The van der Waals surface area contributed by atoms with Crippen LogP contribution in [0.5, 0.6) is 0 Å². The van der Waals surface area contributed by atoms with Gasteiger partial charge in [-0.25, -0.2) is 9.18 Å². The molecule has 1 aliphatic rings. The molecule has 0 spiro atoms. The Morgan fingerprint density at radius 1 is 1.24 bits per heavy atom. The topological polar surface area (TPSA) is 47.6 Å². The van der Waals surface area contributed by atoms with Crippen LogP contribution in [0.4, 0.5) is 10.1 Å². The molecule has 1 unspecified atom stereocenters. The van der Waals surface area contributed by atoms with E-state index in [2.05, 4.69) is 5.32 Å². The van der Waals surface area contributed by atoms with Crippen molar-refractivity contribution in [1.29, 1.82) is 0 Å². The lowest BCUT2D eigenvalue weighted by Gasteiger charge is -2.22. The van der Waals surface area contributed by atoms with E-state index < -0.39 is 18.1 Å².